The number of hydrogen-bond donors (Lipinski definition) is 1. The van der Waals surface area contributed by atoms with Crippen LogP contribution in [0.3, 0.4) is 0 Å². The van der Waals surface area contributed by atoms with Gasteiger partial charge in [-0.3, -0.25) is 14.2 Å². The standard InChI is InChI=1S/C31H33F3N4O2/c1-21(2)26(20-37(16-15-35)28(39)17-22-9-5-3-6-10-22)29-36-27-18-24(31(32,33)34)13-14-25(27)30(40)38(29)19-23-11-7-4-8-12-23/h3-14,18,21,26H,15-17,19-20,35H2,1-2H3. The van der Waals surface area contributed by atoms with E-state index in [0.717, 1.165) is 23.3 Å². The van der Waals surface area contributed by atoms with Gasteiger partial charge in [-0.25, -0.2) is 4.98 Å². The molecule has 40 heavy (non-hydrogen) atoms. The van der Waals surface area contributed by atoms with Gasteiger partial charge in [-0.05, 0) is 35.2 Å². The lowest BCUT2D eigenvalue weighted by atomic mass is 9.93. The first kappa shape index (κ1) is 29.0. The summed E-state index contributed by atoms with van der Waals surface area (Å²) in [6, 6.07) is 21.7. The normalized spacial score (nSPS) is 12.6. The number of halogens is 3. The zero-order chi connectivity index (χ0) is 28.9. The summed E-state index contributed by atoms with van der Waals surface area (Å²) < 4.78 is 42.1. The summed E-state index contributed by atoms with van der Waals surface area (Å²) in [6.07, 6.45) is -4.39. The first-order chi connectivity index (χ1) is 19.1. The van der Waals surface area contributed by atoms with Gasteiger partial charge in [-0.2, -0.15) is 13.2 Å². The van der Waals surface area contributed by atoms with E-state index in [0.29, 0.717) is 12.4 Å². The minimum absolute atomic E-state index is 0.0224. The minimum Gasteiger partial charge on any atom is -0.340 e. The SMILES string of the molecule is CC(C)C(CN(CCN)C(=O)Cc1ccccc1)c1nc2cc(C(F)(F)F)ccc2c(=O)n1Cc1ccccc1. The van der Waals surface area contributed by atoms with Crippen LogP contribution in [-0.2, 0) is 23.9 Å². The molecule has 1 amide bonds. The molecule has 3 aromatic carbocycles. The molecule has 6 nitrogen and oxygen atoms in total. The molecule has 1 aromatic heterocycles. The molecule has 210 valence electrons. The molecule has 0 fully saturated rings. The maximum absolute atomic E-state index is 13.8. The number of amides is 1. The molecule has 0 aliphatic rings. The predicted molar refractivity (Wildman–Crippen MR) is 150 cm³/mol. The number of nitrogens with two attached hydrogens (primary N) is 1. The van der Waals surface area contributed by atoms with E-state index in [1.165, 1.54) is 10.6 Å². The zero-order valence-corrected chi connectivity index (χ0v) is 22.6. The largest absolute Gasteiger partial charge is 0.416 e. The number of rotatable bonds is 10. The lowest BCUT2D eigenvalue weighted by Crippen LogP contribution is -2.41. The molecule has 0 saturated heterocycles. The van der Waals surface area contributed by atoms with Crippen molar-refractivity contribution in [1.82, 2.24) is 14.5 Å². The van der Waals surface area contributed by atoms with Crippen molar-refractivity contribution in [2.24, 2.45) is 11.7 Å². The smallest absolute Gasteiger partial charge is 0.340 e. The highest BCUT2D eigenvalue weighted by atomic mass is 19.4. The van der Waals surface area contributed by atoms with Crippen molar-refractivity contribution >= 4 is 16.8 Å². The second kappa shape index (κ2) is 12.5. The molecule has 1 atom stereocenters. The Labute approximate surface area is 231 Å². The van der Waals surface area contributed by atoms with E-state index in [2.05, 4.69) is 4.98 Å². The highest BCUT2D eigenvalue weighted by Crippen LogP contribution is 2.32. The second-order valence-corrected chi connectivity index (χ2v) is 10.2. The van der Waals surface area contributed by atoms with E-state index < -0.39 is 23.2 Å². The molecule has 2 N–H and O–H groups in total. The highest BCUT2D eigenvalue weighted by molar-refractivity contribution is 5.79. The van der Waals surface area contributed by atoms with Gasteiger partial charge >= 0.3 is 6.18 Å². The van der Waals surface area contributed by atoms with Crippen molar-refractivity contribution in [2.75, 3.05) is 19.6 Å². The fourth-order valence-electron chi connectivity index (χ4n) is 4.80. The fourth-order valence-corrected chi connectivity index (χ4v) is 4.80. The van der Waals surface area contributed by atoms with Crippen LogP contribution in [-0.4, -0.2) is 40.0 Å². The summed E-state index contributed by atoms with van der Waals surface area (Å²) in [5.74, 6) is -0.326. The molecule has 0 saturated carbocycles. The summed E-state index contributed by atoms with van der Waals surface area (Å²) in [4.78, 5) is 33.5. The predicted octanol–water partition coefficient (Wildman–Crippen LogP) is 5.23. The lowest BCUT2D eigenvalue weighted by Gasteiger charge is -2.31. The average molecular weight is 551 g/mol. The Kier molecular flexibility index (Phi) is 9.04. The van der Waals surface area contributed by atoms with Gasteiger partial charge < -0.3 is 10.6 Å². The van der Waals surface area contributed by atoms with Gasteiger partial charge in [0.15, 0.2) is 0 Å². The molecule has 0 aliphatic carbocycles. The van der Waals surface area contributed by atoms with Crippen molar-refractivity contribution in [3.05, 3.63) is 112 Å². The number of carbonyl (C=O) groups is 1. The summed E-state index contributed by atoms with van der Waals surface area (Å²) in [5, 5.41) is 0.106. The molecule has 0 radical (unpaired) electrons. The zero-order valence-electron chi connectivity index (χ0n) is 22.6. The summed E-state index contributed by atoms with van der Waals surface area (Å²) >= 11 is 0. The van der Waals surface area contributed by atoms with E-state index in [9.17, 15) is 22.8 Å². The van der Waals surface area contributed by atoms with E-state index in [-0.39, 0.29) is 48.8 Å². The van der Waals surface area contributed by atoms with Crippen molar-refractivity contribution in [3.8, 4) is 0 Å². The van der Waals surface area contributed by atoms with E-state index >= 15 is 0 Å². The Morgan fingerprint density at radius 3 is 2.17 bits per heavy atom. The van der Waals surface area contributed by atoms with Crippen LogP contribution in [0.4, 0.5) is 13.2 Å². The maximum Gasteiger partial charge on any atom is 0.416 e. The van der Waals surface area contributed by atoms with E-state index in [1.807, 2.05) is 74.5 Å². The van der Waals surface area contributed by atoms with Crippen LogP contribution < -0.4 is 11.3 Å². The van der Waals surface area contributed by atoms with Crippen LogP contribution >= 0.6 is 0 Å². The number of carbonyl (C=O) groups excluding carboxylic acids is 1. The van der Waals surface area contributed by atoms with Crippen molar-refractivity contribution < 1.29 is 18.0 Å². The molecule has 9 heteroatoms. The van der Waals surface area contributed by atoms with E-state index in [4.69, 9.17) is 5.73 Å². The average Bonchev–Trinajstić information content (AvgIpc) is 2.92. The molecule has 0 aliphatic heterocycles. The number of nitrogens with zero attached hydrogens (tertiary/aromatic N) is 3. The van der Waals surface area contributed by atoms with E-state index in [1.54, 1.807) is 4.90 Å². The topological polar surface area (TPSA) is 81.2 Å². The molecular formula is C31H33F3N4O2. The van der Waals surface area contributed by atoms with Gasteiger partial charge in [0.1, 0.15) is 5.82 Å². The van der Waals surface area contributed by atoms with Crippen LogP contribution in [0.2, 0.25) is 0 Å². The van der Waals surface area contributed by atoms with Crippen molar-refractivity contribution in [3.63, 3.8) is 0 Å². The van der Waals surface area contributed by atoms with Crippen molar-refractivity contribution in [2.45, 2.75) is 38.9 Å². The van der Waals surface area contributed by atoms with Crippen LogP contribution in [0.15, 0.2) is 83.7 Å². The number of benzene rings is 3. The molecule has 0 spiro atoms. The van der Waals surface area contributed by atoms with Crippen LogP contribution in [0.5, 0.6) is 0 Å². The lowest BCUT2D eigenvalue weighted by molar-refractivity contribution is -0.137. The van der Waals surface area contributed by atoms with Crippen molar-refractivity contribution in [1.29, 1.82) is 0 Å². The number of hydrogen-bond acceptors (Lipinski definition) is 4. The van der Waals surface area contributed by atoms with Gasteiger partial charge in [-0.15, -0.1) is 0 Å². The Bertz CT molecular complexity index is 1500. The fraction of sp³-hybridized carbons (Fsp3) is 0.323. The molecule has 4 rings (SSSR count). The molecule has 0 bridgehead atoms. The first-order valence-electron chi connectivity index (χ1n) is 13.3. The molecule has 4 aromatic rings. The molecule has 1 heterocycles. The second-order valence-electron chi connectivity index (χ2n) is 10.2. The summed E-state index contributed by atoms with van der Waals surface area (Å²) in [7, 11) is 0. The Morgan fingerprint density at radius 1 is 0.975 bits per heavy atom. The Morgan fingerprint density at radius 2 is 1.60 bits per heavy atom. The number of fused-ring (bicyclic) bond motifs is 1. The Hall–Kier alpha value is -3.98. The number of aromatic nitrogens is 2. The Balaban J connectivity index is 1.82. The number of alkyl halides is 3. The van der Waals surface area contributed by atoms with Gasteiger partial charge in [0.2, 0.25) is 5.91 Å². The highest BCUT2D eigenvalue weighted by Gasteiger charge is 2.32. The van der Waals surface area contributed by atoms with Crippen LogP contribution in [0, 0.1) is 5.92 Å². The van der Waals surface area contributed by atoms with Gasteiger partial charge in [0.05, 0.1) is 29.4 Å². The summed E-state index contributed by atoms with van der Waals surface area (Å²) in [6.45, 7) is 4.83. The third-order valence-corrected chi connectivity index (χ3v) is 7.00. The van der Waals surface area contributed by atoms with Gasteiger partial charge in [0.25, 0.3) is 5.56 Å². The van der Waals surface area contributed by atoms with Gasteiger partial charge in [0, 0.05) is 25.6 Å². The third-order valence-electron chi connectivity index (χ3n) is 7.00. The first-order valence-corrected chi connectivity index (χ1v) is 13.3. The summed E-state index contributed by atoms with van der Waals surface area (Å²) in [5.41, 5.74) is 6.25. The molecule has 1 unspecified atom stereocenters. The van der Waals surface area contributed by atoms with Gasteiger partial charge in [-0.1, -0.05) is 74.5 Å². The quantitative estimate of drug-likeness (QED) is 0.293. The maximum atomic E-state index is 13.8. The minimum atomic E-state index is -4.58. The third kappa shape index (κ3) is 6.77. The monoisotopic (exact) mass is 550 g/mol. The molecular weight excluding hydrogens is 517 g/mol. The van der Waals surface area contributed by atoms with Crippen LogP contribution in [0.25, 0.3) is 10.9 Å². The van der Waals surface area contributed by atoms with Crippen LogP contribution in [0.1, 0.15) is 42.3 Å².